The van der Waals surface area contributed by atoms with Crippen LogP contribution in [0.2, 0.25) is 0 Å². The van der Waals surface area contributed by atoms with E-state index in [1.807, 2.05) is 0 Å². The number of rotatable bonds is 5. The van der Waals surface area contributed by atoms with Crippen LogP contribution in [0.1, 0.15) is 40.5 Å². The van der Waals surface area contributed by atoms with E-state index >= 15 is 0 Å². The Labute approximate surface area is 158 Å². The first-order valence-electron chi connectivity index (χ1n) is 9.47. The van der Waals surface area contributed by atoms with E-state index in [4.69, 9.17) is 4.74 Å². The second-order valence-corrected chi connectivity index (χ2v) is 9.10. The summed E-state index contributed by atoms with van der Waals surface area (Å²) in [5.74, 6) is -4.84. The SMILES string of the molecule is COC(=O)[C@@H]1[C@@H]2[C@H](CN1C(=O)[C@@H](NC(=O)C1CC(F)(F)C1)C(C)C)C2(C)C. The van der Waals surface area contributed by atoms with Crippen LogP contribution < -0.4 is 5.32 Å². The fourth-order valence-electron chi connectivity index (χ4n) is 4.71. The largest absolute Gasteiger partial charge is 0.467 e. The normalized spacial score (nSPS) is 31.7. The van der Waals surface area contributed by atoms with Crippen molar-refractivity contribution in [3.05, 3.63) is 0 Å². The van der Waals surface area contributed by atoms with Gasteiger partial charge in [0.25, 0.3) is 0 Å². The molecule has 152 valence electrons. The number of hydrogen-bond acceptors (Lipinski definition) is 4. The molecule has 0 spiro atoms. The number of piperidine rings is 1. The lowest BCUT2D eigenvalue weighted by atomic mass is 9.80. The molecule has 0 radical (unpaired) electrons. The van der Waals surface area contributed by atoms with Gasteiger partial charge in [-0.3, -0.25) is 9.59 Å². The summed E-state index contributed by atoms with van der Waals surface area (Å²) in [4.78, 5) is 39.3. The van der Waals surface area contributed by atoms with Gasteiger partial charge in [-0.1, -0.05) is 27.7 Å². The number of amides is 2. The quantitative estimate of drug-likeness (QED) is 0.732. The van der Waals surface area contributed by atoms with Gasteiger partial charge in [-0.15, -0.1) is 0 Å². The molecule has 27 heavy (non-hydrogen) atoms. The first-order chi connectivity index (χ1) is 12.4. The minimum atomic E-state index is -2.79. The Balaban J connectivity index is 1.71. The van der Waals surface area contributed by atoms with Crippen LogP contribution in [0.5, 0.6) is 0 Å². The average Bonchev–Trinajstić information content (AvgIpc) is 2.93. The number of carbonyl (C=O) groups excluding carboxylic acids is 3. The van der Waals surface area contributed by atoms with Gasteiger partial charge in [0.2, 0.25) is 17.7 Å². The van der Waals surface area contributed by atoms with Crippen LogP contribution in [-0.2, 0) is 19.1 Å². The predicted molar refractivity (Wildman–Crippen MR) is 92.7 cm³/mol. The van der Waals surface area contributed by atoms with Gasteiger partial charge < -0.3 is 15.0 Å². The minimum Gasteiger partial charge on any atom is -0.467 e. The van der Waals surface area contributed by atoms with Crippen molar-refractivity contribution >= 4 is 17.8 Å². The highest BCUT2D eigenvalue weighted by Crippen LogP contribution is 2.65. The fourth-order valence-corrected chi connectivity index (χ4v) is 4.71. The van der Waals surface area contributed by atoms with Crippen molar-refractivity contribution in [2.75, 3.05) is 13.7 Å². The molecule has 2 saturated carbocycles. The second kappa shape index (κ2) is 6.41. The smallest absolute Gasteiger partial charge is 0.328 e. The van der Waals surface area contributed by atoms with Gasteiger partial charge in [0, 0.05) is 31.2 Å². The Morgan fingerprint density at radius 3 is 2.26 bits per heavy atom. The molecule has 0 unspecified atom stereocenters. The lowest BCUT2D eigenvalue weighted by Gasteiger charge is -2.37. The number of nitrogens with one attached hydrogen (secondary N) is 1. The molecule has 3 rings (SSSR count). The molecule has 1 saturated heterocycles. The summed E-state index contributed by atoms with van der Waals surface area (Å²) in [6, 6.07) is -1.51. The van der Waals surface area contributed by atoms with E-state index < -0.39 is 48.6 Å². The van der Waals surface area contributed by atoms with E-state index in [-0.39, 0.29) is 29.1 Å². The van der Waals surface area contributed by atoms with Gasteiger partial charge in [0.05, 0.1) is 7.11 Å². The van der Waals surface area contributed by atoms with Crippen molar-refractivity contribution in [1.82, 2.24) is 10.2 Å². The van der Waals surface area contributed by atoms with E-state index in [1.54, 1.807) is 13.8 Å². The third-order valence-electron chi connectivity index (χ3n) is 6.63. The molecule has 1 N–H and O–H groups in total. The van der Waals surface area contributed by atoms with E-state index in [9.17, 15) is 23.2 Å². The zero-order valence-corrected chi connectivity index (χ0v) is 16.4. The fraction of sp³-hybridized carbons (Fsp3) is 0.842. The van der Waals surface area contributed by atoms with Crippen molar-refractivity contribution < 1.29 is 27.9 Å². The summed E-state index contributed by atoms with van der Waals surface area (Å²) in [5, 5.41) is 2.65. The summed E-state index contributed by atoms with van der Waals surface area (Å²) in [6.07, 6.45) is -0.963. The molecule has 2 aliphatic carbocycles. The molecule has 0 aromatic carbocycles. The number of halogens is 2. The number of ether oxygens (including phenoxy) is 1. The van der Waals surface area contributed by atoms with Crippen LogP contribution in [0, 0.1) is 29.1 Å². The van der Waals surface area contributed by atoms with Gasteiger partial charge in [-0.05, 0) is 17.3 Å². The van der Waals surface area contributed by atoms with Crippen LogP contribution in [0.4, 0.5) is 8.78 Å². The minimum absolute atomic E-state index is 0.0241. The zero-order valence-electron chi connectivity index (χ0n) is 16.4. The Kier molecular flexibility index (Phi) is 4.75. The highest BCUT2D eigenvalue weighted by molar-refractivity contribution is 5.92. The maximum Gasteiger partial charge on any atom is 0.328 e. The number of hydrogen-bond donors (Lipinski definition) is 1. The Morgan fingerprint density at radius 1 is 1.19 bits per heavy atom. The van der Waals surface area contributed by atoms with Crippen molar-refractivity contribution in [2.24, 2.45) is 29.1 Å². The summed E-state index contributed by atoms with van der Waals surface area (Å²) in [6.45, 7) is 8.15. The highest BCUT2D eigenvalue weighted by atomic mass is 19.3. The molecule has 2 amide bonds. The number of alkyl halides is 2. The number of fused-ring (bicyclic) bond motifs is 1. The van der Waals surface area contributed by atoms with Crippen molar-refractivity contribution in [2.45, 2.75) is 58.5 Å². The Morgan fingerprint density at radius 2 is 1.78 bits per heavy atom. The Bertz CT molecular complexity index is 656. The topological polar surface area (TPSA) is 75.7 Å². The van der Waals surface area contributed by atoms with Crippen LogP contribution in [0.3, 0.4) is 0 Å². The Hall–Kier alpha value is -1.73. The molecule has 0 bridgehead atoms. The number of esters is 1. The van der Waals surface area contributed by atoms with Crippen molar-refractivity contribution in [3.8, 4) is 0 Å². The first-order valence-corrected chi connectivity index (χ1v) is 9.47. The van der Waals surface area contributed by atoms with E-state index in [1.165, 1.54) is 12.0 Å². The second-order valence-electron chi connectivity index (χ2n) is 9.10. The lowest BCUT2D eigenvalue weighted by molar-refractivity contribution is -0.157. The average molecular weight is 386 g/mol. The summed E-state index contributed by atoms with van der Waals surface area (Å²) >= 11 is 0. The van der Waals surface area contributed by atoms with Crippen molar-refractivity contribution in [3.63, 3.8) is 0 Å². The molecule has 4 atom stereocenters. The van der Waals surface area contributed by atoms with Crippen LogP contribution in [-0.4, -0.2) is 54.3 Å². The van der Waals surface area contributed by atoms with Crippen LogP contribution >= 0.6 is 0 Å². The summed E-state index contributed by atoms with van der Waals surface area (Å²) < 4.78 is 31.0. The molecule has 1 aliphatic heterocycles. The van der Waals surface area contributed by atoms with E-state index in [0.29, 0.717) is 6.54 Å². The number of methoxy groups -OCH3 is 1. The van der Waals surface area contributed by atoms with Crippen LogP contribution in [0.15, 0.2) is 0 Å². The monoisotopic (exact) mass is 386 g/mol. The van der Waals surface area contributed by atoms with Gasteiger partial charge >= 0.3 is 5.97 Å². The molecule has 3 fully saturated rings. The summed E-state index contributed by atoms with van der Waals surface area (Å²) in [5.41, 5.74) is -0.0241. The standard InChI is InChI=1S/C19H28F2N2O4/c1-9(2)13(22-15(24)10-6-19(20,21)7-10)16(25)23-8-11-12(18(11,3)4)14(23)17(26)27-5/h9-14H,6-8H2,1-5H3,(H,22,24)/t11-,12-,13-,14-/m0/s1. The molecule has 0 aromatic heterocycles. The molecular formula is C19H28F2N2O4. The van der Waals surface area contributed by atoms with Gasteiger partial charge in [-0.25, -0.2) is 13.6 Å². The molecule has 1 heterocycles. The number of carbonyl (C=O) groups is 3. The zero-order chi connectivity index (χ0) is 20.3. The number of likely N-dealkylation sites (tertiary alicyclic amines) is 1. The molecule has 8 heteroatoms. The number of nitrogens with zero attached hydrogens (tertiary/aromatic N) is 1. The van der Waals surface area contributed by atoms with E-state index in [2.05, 4.69) is 19.2 Å². The maximum absolute atomic E-state index is 13.1. The maximum atomic E-state index is 13.1. The molecular weight excluding hydrogens is 358 g/mol. The van der Waals surface area contributed by atoms with Gasteiger partial charge in [0.1, 0.15) is 12.1 Å². The first kappa shape index (κ1) is 20.0. The van der Waals surface area contributed by atoms with Crippen molar-refractivity contribution in [1.29, 1.82) is 0 Å². The third kappa shape index (κ3) is 3.31. The van der Waals surface area contributed by atoms with Gasteiger partial charge in [0.15, 0.2) is 0 Å². The molecule has 0 aromatic rings. The predicted octanol–water partition coefficient (Wildman–Crippen LogP) is 1.83. The lowest BCUT2D eigenvalue weighted by Crippen LogP contribution is -2.57. The summed E-state index contributed by atoms with van der Waals surface area (Å²) in [7, 11) is 1.30. The molecule has 6 nitrogen and oxygen atoms in total. The molecule has 3 aliphatic rings. The highest BCUT2D eigenvalue weighted by Gasteiger charge is 2.70. The van der Waals surface area contributed by atoms with Crippen LogP contribution in [0.25, 0.3) is 0 Å². The van der Waals surface area contributed by atoms with E-state index in [0.717, 1.165) is 0 Å². The van der Waals surface area contributed by atoms with Gasteiger partial charge in [-0.2, -0.15) is 0 Å². The third-order valence-corrected chi connectivity index (χ3v) is 6.63.